The average Bonchev–Trinajstić information content (AvgIpc) is 2.80. The molecule has 96 valence electrons. The quantitative estimate of drug-likeness (QED) is 0.775. The minimum absolute atomic E-state index is 0.251. The number of hydrogen-bond donors (Lipinski definition) is 0. The van der Waals surface area contributed by atoms with Crippen molar-refractivity contribution < 1.29 is 9.26 Å². The van der Waals surface area contributed by atoms with Crippen LogP contribution in [0.5, 0.6) is 0 Å². The van der Waals surface area contributed by atoms with Gasteiger partial charge in [0.05, 0.1) is 0 Å². The van der Waals surface area contributed by atoms with Gasteiger partial charge in [0.15, 0.2) is 0 Å². The Morgan fingerprint density at radius 2 is 2.12 bits per heavy atom. The van der Waals surface area contributed by atoms with Gasteiger partial charge in [0.2, 0.25) is 11.7 Å². The van der Waals surface area contributed by atoms with Crippen LogP contribution in [-0.4, -0.2) is 16.7 Å². The van der Waals surface area contributed by atoms with E-state index in [4.69, 9.17) is 20.9 Å². The van der Waals surface area contributed by atoms with Crippen LogP contribution < -0.4 is 0 Å². The highest BCUT2D eigenvalue weighted by atomic mass is 35.5. The molecule has 1 aromatic rings. The molecule has 0 aromatic carbocycles. The summed E-state index contributed by atoms with van der Waals surface area (Å²) in [5.41, 5.74) is -0.347. The first kappa shape index (κ1) is 12.8. The lowest BCUT2D eigenvalue weighted by molar-refractivity contribution is -0.0777. The monoisotopic (exact) mass is 258 g/mol. The molecule has 0 saturated heterocycles. The van der Waals surface area contributed by atoms with Crippen LogP contribution in [0, 0.1) is 0 Å². The van der Waals surface area contributed by atoms with E-state index in [1.165, 1.54) is 6.42 Å². The van der Waals surface area contributed by atoms with Crippen LogP contribution in [0.25, 0.3) is 0 Å². The van der Waals surface area contributed by atoms with Crippen molar-refractivity contribution in [2.75, 3.05) is 6.61 Å². The van der Waals surface area contributed by atoms with Crippen LogP contribution >= 0.6 is 11.6 Å². The molecule has 1 aliphatic rings. The largest absolute Gasteiger partial charge is 0.367 e. The van der Waals surface area contributed by atoms with Crippen molar-refractivity contribution in [2.45, 2.75) is 56.9 Å². The minimum Gasteiger partial charge on any atom is -0.367 e. The first-order valence-corrected chi connectivity index (χ1v) is 6.74. The first-order chi connectivity index (χ1) is 8.18. The molecule has 0 radical (unpaired) electrons. The summed E-state index contributed by atoms with van der Waals surface area (Å²) in [5.74, 6) is 1.15. The Morgan fingerprint density at radius 1 is 1.41 bits per heavy atom. The molecular formula is C12H19ClN2O2. The molecule has 1 fully saturated rings. The molecule has 0 N–H and O–H groups in total. The Kier molecular flexibility index (Phi) is 4.05. The second kappa shape index (κ2) is 5.36. The SMILES string of the molecule is CCOC1(c2noc(C(C)Cl)n2)CCCCC1. The van der Waals surface area contributed by atoms with Gasteiger partial charge in [-0.3, -0.25) is 0 Å². The van der Waals surface area contributed by atoms with Gasteiger partial charge in [-0.2, -0.15) is 4.98 Å². The summed E-state index contributed by atoms with van der Waals surface area (Å²) in [6.07, 6.45) is 5.50. The van der Waals surface area contributed by atoms with Crippen LogP contribution in [0.2, 0.25) is 0 Å². The molecule has 0 bridgehead atoms. The van der Waals surface area contributed by atoms with E-state index in [-0.39, 0.29) is 11.0 Å². The molecule has 0 spiro atoms. The summed E-state index contributed by atoms with van der Waals surface area (Å²) in [5, 5.41) is 3.80. The van der Waals surface area contributed by atoms with Gasteiger partial charge in [-0.15, -0.1) is 11.6 Å². The lowest BCUT2D eigenvalue weighted by Crippen LogP contribution is -2.33. The fraction of sp³-hybridized carbons (Fsp3) is 0.833. The second-order valence-electron chi connectivity index (χ2n) is 4.56. The van der Waals surface area contributed by atoms with E-state index in [0.717, 1.165) is 25.7 Å². The Bertz CT molecular complexity index is 354. The van der Waals surface area contributed by atoms with Gasteiger partial charge in [-0.1, -0.05) is 24.4 Å². The molecule has 0 aliphatic heterocycles. The number of halogens is 1. The molecule has 1 aromatic heterocycles. The molecule has 1 saturated carbocycles. The number of hydrogen-bond acceptors (Lipinski definition) is 4. The van der Waals surface area contributed by atoms with Crippen LogP contribution in [0.1, 0.15) is 63.0 Å². The van der Waals surface area contributed by atoms with E-state index >= 15 is 0 Å². The number of alkyl halides is 1. The first-order valence-electron chi connectivity index (χ1n) is 6.30. The summed E-state index contributed by atoms with van der Waals surface area (Å²) in [7, 11) is 0. The normalized spacial score (nSPS) is 21.4. The van der Waals surface area contributed by atoms with Crippen molar-refractivity contribution in [3.8, 4) is 0 Å². The van der Waals surface area contributed by atoms with Crippen molar-refractivity contribution in [1.82, 2.24) is 10.1 Å². The van der Waals surface area contributed by atoms with E-state index in [1.807, 2.05) is 13.8 Å². The zero-order valence-electron chi connectivity index (χ0n) is 10.4. The van der Waals surface area contributed by atoms with Crippen molar-refractivity contribution >= 4 is 11.6 Å². The third-order valence-corrected chi connectivity index (χ3v) is 3.46. The van der Waals surface area contributed by atoms with Crippen molar-refractivity contribution in [3.05, 3.63) is 11.7 Å². The van der Waals surface area contributed by atoms with Gasteiger partial charge in [-0.05, 0) is 26.7 Å². The smallest absolute Gasteiger partial charge is 0.244 e. The molecular weight excluding hydrogens is 240 g/mol. The zero-order chi connectivity index (χ0) is 12.3. The summed E-state index contributed by atoms with van der Waals surface area (Å²) >= 11 is 5.94. The summed E-state index contributed by atoms with van der Waals surface area (Å²) in [6, 6.07) is 0. The highest BCUT2D eigenvalue weighted by molar-refractivity contribution is 6.20. The predicted octanol–water partition coefficient (Wildman–Crippen LogP) is 3.57. The Labute approximate surface area is 107 Å². The van der Waals surface area contributed by atoms with Gasteiger partial charge in [0, 0.05) is 6.61 Å². The fourth-order valence-electron chi connectivity index (χ4n) is 2.41. The van der Waals surface area contributed by atoms with Crippen LogP contribution in [0.3, 0.4) is 0 Å². The second-order valence-corrected chi connectivity index (χ2v) is 5.21. The molecule has 1 atom stereocenters. The number of ether oxygens (including phenoxy) is 1. The van der Waals surface area contributed by atoms with E-state index in [1.54, 1.807) is 0 Å². The van der Waals surface area contributed by atoms with Crippen LogP contribution in [0.4, 0.5) is 0 Å². The lowest BCUT2D eigenvalue weighted by atomic mass is 9.84. The molecule has 5 heteroatoms. The molecule has 1 unspecified atom stereocenters. The van der Waals surface area contributed by atoms with Crippen molar-refractivity contribution in [2.24, 2.45) is 0 Å². The Morgan fingerprint density at radius 3 is 2.65 bits per heavy atom. The third-order valence-electron chi connectivity index (χ3n) is 3.27. The number of aromatic nitrogens is 2. The van der Waals surface area contributed by atoms with Gasteiger partial charge in [0.1, 0.15) is 11.0 Å². The fourth-order valence-corrected chi connectivity index (χ4v) is 2.50. The Balaban J connectivity index is 2.24. The highest BCUT2D eigenvalue weighted by Crippen LogP contribution is 2.39. The van der Waals surface area contributed by atoms with Crippen LogP contribution in [0.15, 0.2) is 4.52 Å². The number of rotatable bonds is 4. The van der Waals surface area contributed by atoms with Gasteiger partial charge >= 0.3 is 0 Å². The molecule has 17 heavy (non-hydrogen) atoms. The topological polar surface area (TPSA) is 48.2 Å². The van der Waals surface area contributed by atoms with Gasteiger partial charge in [0.25, 0.3) is 0 Å². The van der Waals surface area contributed by atoms with Crippen molar-refractivity contribution in [1.29, 1.82) is 0 Å². The standard InChI is InChI=1S/C12H19ClN2O2/c1-3-16-12(7-5-4-6-8-12)11-14-10(9(2)13)17-15-11/h9H,3-8H2,1-2H3. The summed E-state index contributed by atoms with van der Waals surface area (Å²) in [6.45, 7) is 4.49. The molecule has 4 nitrogen and oxygen atoms in total. The lowest BCUT2D eigenvalue weighted by Gasteiger charge is -2.33. The molecule has 1 heterocycles. The number of nitrogens with zero attached hydrogens (tertiary/aromatic N) is 2. The maximum atomic E-state index is 5.94. The van der Waals surface area contributed by atoms with Crippen molar-refractivity contribution in [3.63, 3.8) is 0 Å². The molecule has 1 aliphatic carbocycles. The van der Waals surface area contributed by atoms with Gasteiger partial charge in [-0.25, -0.2) is 0 Å². The maximum Gasteiger partial charge on any atom is 0.244 e. The summed E-state index contributed by atoms with van der Waals surface area (Å²) < 4.78 is 11.1. The Hall–Kier alpha value is -0.610. The minimum atomic E-state index is -0.347. The maximum absolute atomic E-state index is 5.94. The predicted molar refractivity (Wildman–Crippen MR) is 65.0 cm³/mol. The summed E-state index contributed by atoms with van der Waals surface area (Å²) in [4.78, 5) is 4.39. The average molecular weight is 259 g/mol. The van der Waals surface area contributed by atoms with Crippen LogP contribution in [-0.2, 0) is 10.3 Å². The van der Waals surface area contributed by atoms with E-state index in [9.17, 15) is 0 Å². The highest BCUT2D eigenvalue weighted by Gasteiger charge is 2.39. The molecule has 2 rings (SSSR count). The molecule has 0 amide bonds. The third kappa shape index (κ3) is 2.63. The van der Waals surface area contributed by atoms with Gasteiger partial charge < -0.3 is 9.26 Å². The van der Waals surface area contributed by atoms with E-state index in [2.05, 4.69) is 10.1 Å². The van der Waals surface area contributed by atoms with E-state index in [0.29, 0.717) is 18.3 Å². The van der Waals surface area contributed by atoms with E-state index < -0.39 is 0 Å². The zero-order valence-corrected chi connectivity index (χ0v) is 11.2.